The first kappa shape index (κ1) is 17.9. The van der Waals surface area contributed by atoms with Crippen LogP contribution < -0.4 is 15.4 Å². The number of ether oxygens (including phenoxy) is 1. The molecule has 0 radical (unpaired) electrons. The molecule has 1 atom stereocenters. The second-order valence-corrected chi connectivity index (χ2v) is 5.28. The monoisotopic (exact) mass is 334 g/mol. The Morgan fingerprint density at radius 1 is 1.38 bits per heavy atom. The molecule has 0 aliphatic rings. The highest BCUT2D eigenvalue weighted by Gasteiger charge is 2.16. The van der Waals surface area contributed by atoms with Gasteiger partial charge in [-0.15, -0.1) is 23.2 Å². The number of carboxylic acids is 1. The topological polar surface area (TPSA) is 75.8 Å². The largest absolute Gasteiger partial charge is 0.495 e. The van der Waals surface area contributed by atoms with Crippen LogP contribution in [0.5, 0.6) is 5.75 Å². The quantitative estimate of drug-likeness (QED) is 0.675. The third-order valence-electron chi connectivity index (χ3n) is 3.07. The van der Waals surface area contributed by atoms with Crippen LogP contribution >= 0.6 is 23.2 Å². The lowest BCUT2D eigenvalue weighted by molar-refractivity contribution is -0.138. The number of aliphatic carboxylic acids is 1. The summed E-state index contributed by atoms with van der Waals surface area (Å²) in [7, 11) is 1.58. The molecule has 0 fully saturated rings. The van der Waals surface area contributed by atoms with Gasteiger partial charge < -0.3 is 20.5 Å². The number of halogens is 2. The van der Waals surface area contributed by atoms with Crippen LogP contribution in [0.25, 0.3) is 0 Å². The van der Waals surface area contributed by atoms with Crippen molar-refractivity contribution < 1.29 is 14.6 Å². The van der Waals surface area contributed by atoms with E-state index in [9.17, 15) is 4.79 Å². The van der Waals surface area contributed by atoms with Crippen molar-refractivity contribution in [2.45, 2.75) is 12.5 Å². The van der Waals surface area contributed by atoms with Crippen molar-refractivity contribution in [3.63, 3.8) is 0 Å². The molecule has 0 amide bonds. The Balaban J connectivity index is 3.05. The summed E-state index contributed by atoms with van der Waals surface area (Å²) in [6, 6.07) is 4.56. The minimum atomic E-state index is -1.02. The third kappa shape index (κ3) is 5.26. The molecule has 3 N–H and O–H groups in total. The van der Waals surface area contributed by atoms with Gasteiger partial charge in [-0.2, -0.15) is 0 Å². The van der Waals surface area contributed by atoms with Gasteiger partial charge in [0.25, 0.3) is 0 Å². The normalized spacial score (nSPS) is 12.0. The minimum absolute atomic E-state index is 0.252. The molecule has 0 bridgehead atoms. The molecule has 5 nitrogen and oxygen atoms in total. The number of hydrogen-bond acceptors (Lipinski definition) is 4. The molecule has 118 valence electrons. The third-order valence-corrected chi connectivity index (χ3v) is 3.40. The molecule has 1 aromatic rings. The molecule has 1 rings (SSSR count). The number of rotatable bonds is 9. The Labute approximate surface area is 134 Å². The zero-order valence-electron chi connectivity index (χ0n) is 11.9. The molecular formula is C14H20Cl2N2O3. The van der Waals surface area contributed by atoms with Gasteiger partial charge in [-0.1, -0.05) is 6.07 Å². The highest BCUT2D eigenvalue weighted by atomic mass is 35.5. The van der Waals surface area contributed by atoms with Gasteiger partial charge in [0.15, 0.2) is 0 Å². The summed E-state index contributed by atoms with van der Waals surface area (Å²) in [6.07, 6.45) is 0.252. The van der Waals surface area contributed by atoms with E-state index < -0.39 is 12.0 Å². The van der Waals surface area contributed by atoms with Crippen molar-refractivity contribution in [2.24, 2.45) is 5.73 Å². The summed E-state index contributed by atoms with van der Waals surface area (Å²) in [6.45, 7) is 1.25. The molecule has 1 aromatic carbocycles. The maximum atomic E-state index is 10.9. The Bertz CT molecular complexity index is 466. The number of alkyl halides is 2. The fraction of sp³-hybridized carbons (Fsp3) is 0.500. The summed E-state index contributed by atoms with van der Waals surface area (Å²) in [5, 5.41) is 8.90. The fourth-order valence-electron chi connectivity index (χ4n) is 2.01. The second-order valence-electron chi connectivity index (χ2n) is 4.52. The Morgan fingerprint density at radius 3 is 2.48 bits per heavy atom. The average molecular weight is 335 g/mol. The maximum absolute atomic E-state index is 10.9. The average Bonchev–Trinajstić information content (AvgIpc) is 2.46. The Hall–Kier alpha value is -1.17. The van der Waals surface area contributed by atoms with Crippen LogP contribution in [0.4, 0.5) is 5.69 Å². The zero-order chi connectivity index (χ0) is 15.8. The Kier molecular flexibility index (Phi) is 7.64. The van der Waals surface area contributed by atoms with Gasteiger partial charge in [0.05, 0.1) is 12.8 Å². The smallest absolute Gasteiger partial charge is 0.320 e. The first-order chi connectivity index (χ1) is 10.0. The van der Waals surface area contributed by atoms with Crippen LogP contribution in [-0.4, -0.2) is 49.1 Å². The van der Waals surface area contributed by atoms with Crippen molar-refractivity contribution >= 4 is 34.9 Å². The summed E-state index contributed by atoms with van der Waals surface area (Å²) < 4.78 is 5.35. The number of nitrogens with two attached hydrogens (primary N) is 1. The van der Waals surface area contributed by atoms with E-state index in [1.807, 2.05) is 17.0 Å². The molecule has 7 heteroatoms. The maximum Gasteiger partial charge on any atom is 0.320 e. The van der Waals surface area contributed by atoms with Crippen molar-refractivity contribution in [1.29, 1.82) is 0 Å². The van der Waals surface area contributed by atoms with Gasteiger partial charge in [-0.05, 0) is 24.1 Å². The molecule has 0 unspecified atom stereocenters. The summed E-state index contributed by atoms with van der Waals surface area (Å²) in [5.41, 5.74) is 7.25. The van der Waals surface area contributed by atoms with E-state index in [-0.39, 0.29) is 6.42 Å². The van der Waals surface area contributed by atoms with Crippen molar-refractivity contribution in [2.75, 3.05) is 36.9 Å². The molecule has 21 heavy (non-hydrogen) atoms. The number of nitrogens with zero attached hydrogens (tertiary/aromatic N) is 1. The van der Waals surface area contributed by atoms with Gasteiger partial charge in [-0.3, -0.25) is 4.79 Å². The molecule has 0 aliphatic carbocycles. The molecule has 0 saturated heterocycles. The molecule has 0 spiro atoms. The summed E-state index contributed by atoms with van der Waals surface area (Å²) in [5.74, 6) is 0.585. The fourth-order valence-corrected chi connectivity index (χ4v) is 2.42. The summed E-state index contributed by atoms with van der Waals surface area (Å²) in [4.78, 5) is 12.9. The van der Waals surface area contributed by atoms with Gasteiger partial charge in [-0.25, -0.2) is 0 Å². The predicted octanol–water partition coefficient (Wildman–Crippen LogP) is 1.93. The van der Waals surface area contributed by atoms with Crippen LogP contribution in [0.3, 0.4) is 0 Å². The van der Waals surface area contributed by atoms with Crippen molar-refractivity contribution in [1.82, 2.24) is 0 Å². The standard InChI is InChI=1S/C14H20Cl2N2O3/c1-21-13-3-2-10(8-11(17)14(19)20)9-12(13)18(6-4-15)7-5-16/h2-3,9,11H,4-8,17H2,1H3,(H,19,20)/t11-/m0/s1. The molecule has 0 saturated carbocycles. The van der Waals surface area contributed by atoms with Gasteiger partial charge >= 0.3 is 5.97 Å². The lowest BCUT2D eigenvalue weighted by Crippen LogP contribution is -2.32. The SMILES string of the molecule is COc1ccc(C[C@H](N)C(=O)O)cc1N(CCCl)CCCl. The molecule has 0 aromatic heterocycles. The first-order valence-electron chi connectivity index (χ1n) is 6.55. The van der Waals surface area contributed by atoms with Crippen LogP contribution in [0.1, 0.15) is 5.56 Å². The second kappa shape index (κ2) is 8.97. The number of hydrogen-bond donors (Lipinski definition) is 2. The van der Waals surface area contributed by atoms with E-state index in [4.69, 9.17) is 38.8 Å². The highest BCUT2D eigenvalue weighted by molar-refractivity contribution is 6.18. The van der Waals surface area contributed by atoms with E-state index in [1.165, 1.54) is 0 Å². The number of benzene rings is 1. The molecular weight excluding hydrogens is 315 g/mol. The minimum Gasteiger partial charge on any atom is -0.495 e. The van der Waals surface area contributed by atoms with E-state index in [1.54, 1.807) is 13.2 Å². The van der Waals surface area contributed by atoms with Gasteiger partial charge in [0, 0.05) is 24.8 Å². The van der Waals surface area contributed by atoms with E-state index in [2.05, 4.69) is 0 Å². The van der Waals surface area contributed by atoms with Crippen LogP contribution in [0.15, 0.2) is 18.2 Å². The van der Waals surface area contributed by atoms with Crippen molar-refractivity contribution in [3.05, 3.63) is 23.8 Å². The van der Waals surface area contributed by atoms with E-state index >= 15 is 0 Å². The predicted molar refractivity (Wildman–Crippen MR) is 86.0 cm³/mol. The lowest BCUT2D eigenvalue weighted by Gasteiger charge is -2.25. The van der Waals surface area contributed by atoms with Crippen LogP contribution in [0, 0.1) is 0 Å². The number of carboxylic acid groups (broad SMARTS) is 1. The van der Waals surface area contributed by atoms with Crippen LogP contribution in [0.2, 0.25) is 0 Å². The van der Waals surface area contributed by atoms with Gasteiger partial charge in [0.2, 0.25) is 0 Å². The zero-order valence-corrected chi connectivity index (χ0v) is 13.4. The number of methoxy groups -OCH3 is 1. The molecule has 0 heterocycles. The number of carbonyl (C=O) groups is 1. The van der Waals surface area contributed by atoms with E-state index in [0.29, 0.717) is 30.6 Å². The number of anilines is 1. The molecule has 0 aliphatic heterocycles. The first-order valence-corrected chi connectivity index (χ1v) is 7.62. The summed E-state index contributed by atoms with van der Waals surface area (Å²) >= 11 is 11.6. The van der Waals surface area contributed by atoms with E-state index in [0.717, 1.165) is 11.3 Å². The highest BCUT2D eigenvalue weighted by Crippen LogP contribution is 2.30. The lowest BCUT2D eigenvalue weighted by atomic mass is 10.0. The van der Waals surface area contributed by atoms with Crippen molar-refractivity contribution in [3.8, 4) is 5.75 Å². The van der Waals surface area contributed by atoms with Gasteiger partial charge in [0.1, 0.15) is 11.8 Å². The van der Waals surface area contributed by atoms with Crippen LogP contribution in [-0.2, 0) is 11.2 Å². The Morgan fingerprint density at radius 2 is 2.00 bits per heavy atom.